The van der Waals surface area contributed by atoms with Crippen LogP contribution in [-0.2, 0) is 18.4 Å². The van der Waals surface area contributed by atoms with E-state index in [0.29, 0.717) is 6.42 Å². The number of aryl methyl sites for hydroxylation is 1. The van der Waals surface area contributed by atoms with Crippen molar-refractivity contribution in [1.29, 1.82) is 0 Å². The number of pyridine rings is 1. The molecule has 0 radical (unpaired) electrons. The third-order valence-electron chi connectivity index (χ3n) is 5.44. The van der Waals surface area contributed by atoms with Crippen molar-refractivity contribution < 1.29 is 4.79 Å². The molecule has 2 fully saturated rings. The van der Waals surface area contributed by atoms with Gasteiger partial charge in [-0.05, 0) is 24.5 Å². The van der Waals surface area contributed by atoms with Crippen LogP contribution in [0.3, 0.4) is 0 Å². The quantitative estimate of drug-likeness (QED) is 0.928. The average Bonchev–Trinajstić information content (AvgIpc) is 3.14. The monoisotopic (exact) mass is 325 g/mol. The van der Waals surface area contributed by atoms with Gasteiger partial charge in [0.2, 0.25) is 5.91 Å². The summed E-state index contributed by atoms with van der Waals surface area (Å²) in [4.78, 5) is 18.8. The zero-order valence-corrected chi connectivity index (χ0v) is 14.0. The summed E-state index contributed by atoms with van der Waals surface area (Å²) in [5.74, 6) is 0.406. The molecule has 4 rings (SSSR count). The van der Waals surface area contributed by atoms with Crippen LogP contribution >= 0.6 is 0 Å². The molecule has 2 saturated heterocycles. The second-order valence-electron chi connectivity index (χ2n) is 7.05. The highest BCUT2D eigenvalue weighted by molar-refractivity contribution is 5.81. The van der Waals surface area contributed by atoms with Gasteiger partial charge in [-0.3, -0.25) is 19.4 Å². The predicted molar refractivity (Wildman–Crippen MR) is 90.2 cm³/mol. The first-order chi connectivity index (χ1) is 11.6. The third kappa shape index (κ3) is 2.82. The van der Waals surface area contributed by atoms with E-state index >= 15 is 0 Å². The molecule has 2 aromatic heterocycles. The fraction of sp³-hybridized carbons (Fsp3) is 0.500. The molecule has 6 heteroatoms. The summed E-state index contributed by atoms with van der Waals surface area (Å²) in [6.45, 7) is 2.91. The highest BCUT2D eigenvalue weighted by atomic mass is 16.2. The fourth-order valence-electron chi connectivity index (χ4n) is 4.21. The molecule has 4 heterocycles. The third-order valence-corrected chi connectivity index (χ3v) is 5.44. The Labute approximate surface area is 141 Å². The molecule has 2 aliphatic rings. The lowest BCUT2D eigenvalue weighted by Crippen LogP contribution is -2.53. The van der Waals surface area contributed by atoms with Crippen LogP contribution in [0.25, 0.3) is 0 Å². The molecular formula is C18H23N5O. The number of likely N-dealkylation sites (tertiary alicyclic amines) is 1. The summed E-state index contributed by atoms with van der Waals surface area (Å²) in [5, 5.41) is 7.54. The van der Waals surface area contributed by atoms with Gasteiger partial charge in [-0.25, -0.2) is 0 Å². The fourth-order valence-corrected chi connectivity index (χ4v) is 4.21. The Kier molecular flexibility index (Phi) is 3.84. The van der Waals surface area contributed by atoms with Gasteiger partial charge in [0, 0.05) is 68.7 Å². The van der Waals surface area contributed by atoms with E-state index in [0.717, 1.165) is 32.5 Å². The van der Waals surface area contributed by atoms with Gasteiger partial charge < -0.3 is 5.32 Å². The molecule has 0 saturated carbocycles. The number of carbonyl (C=O) groups excluding carboxylic acids is 1. The molecule has 1 atom stereocenters. The van der Waals surface area contributed by atoms with Crippen molar-refractivity contribution in [2.45, 2.75) is 37.3 Å². The molecule has 0 bridgehead atoms. The maximum atomic E-state index is 12.1. The maximum Gasteiger partial charge on any atom is 0.221 e. The number of nitrogens with one attached hydrogen (secondary N) is 1. The van der Waals surface area contributed by atoms with E-state index in [1.807, 2.05) is 30.2 Å². The van der Waals surface area contributed by atoms with Crippen molar-refractivity contribution in [3.05, 3.63) is 48.0 Å². The number of hydrogen-bond donors (Lipinski definition) is 1. The largest absolute Gasteiger partial charge is 0.350 e. The number of carbonyl (C=O) groups is 1. The normalized spacial score (nSPS) is 23.5. The van der Waals surface area contributed by atoms with Crippen LogP contribution in [0.1, 0.15) is 36.3 Å². The molecule has 126 valence electrons. The Balaban J connectivity index is 1.47. The van der Waals surface area contributed by atoms with Crippen LogP contribution in [0.2, 0.25) is 0 Å². The van der Waals surface area contributed by atoms with Crippen molar-refractivity contribution in [3.8, 4) is 0 Å². The number of amides is 1. The van der Waals surface area contributed by atoms with Gasteiger partial charge >= 0.3 is 0 Å². The second-order valence-corrected chi connectivity index (χ2v) is 7.05. The van der Waals surface area contributed by atoms with Gasteiger partial charge in [0.25, 0.3) is 0 Å². The Bertz CT molecular complexity index is 718. The summed E-state index contributed by atoms with van der Waals surface area (Å²) in [7, 11) is 1.95. The van der Waals surface area contributed by atoms with Crippen molar-refractivity contribution >= 4 is 5.91 Å². The molecule has 2 aliphatic heterocycles. The van der Waals surface area contributed by atoms with Crippen LogP contribution < -0.4 is 5.32 Å². The number of aromatic nitrogens is 3. The molecule has 0 aromatic carbocycles. The lowest BCUT2D eigenvalue weighted by atomic mass is 9.74. The minimum absolute atomic E-state index is 0.106. The predicted octanol–water partition coefficient (Wildman–Crippen LogP) is 1.45. The summed E-state index contributed by atoms with van der Waals surface area (Å²) < 4.78 is 1.84. The Morgan fingerprint density at radius 3 is 2.83 bits per heavy atom. The van der Waals surface area contributed by atoms with Crippen molar-refractivity contribution in [2.24, 2.45) is 7.05 Å². The summed E-state index contributed by atoms with van der Waals surface area (Å²) >= 11 is 0. The second kappa shape index (κ2) is 6.02. The van der Waals surface area contributed by atoms with Crippen molar-refractivity contribution in [2.75, 3.05) is 13.1 Å². The van der Waals surface area contributed by atoms with Gasteiger partial charge in [0.05, 0.1) is 6.20 Å². The molecule has 6 nitrogen and oxygen atoms in total. The average molecular weight is 325 g/mol. The van der Waals surface area contributed by atoms with Gasteiger partial charge in [-0.1, -0.05) is 6.07 Å². The molecule has 1 spiro atoms. The van der Waals surface area contributed by atoms with E-state index < -0.39 is 0 Å². The first-order valence-electron chi connectivity index (χ1n) is 8.55. The first-order valence-corrected chi connectivity index (χ1v) is 8.55. The van der Waals surface area contributed by atoms with E-state index in [1.165, 1.54) is 11.1 Å². The van der Waals surface area contributed by atoms with E-state index in [2.05, 4.69) is 32.6 Å². The number of hydrogen-bond acceptors (Lipinski definition) is 4. The van der Waals surface area contributed by atoms with Gasteiger partial charge in [0.1, 0.15) is 0 Å². The highest BCUT2D eigenvalue weighted by Gasteiger charge is 2.48. The molecule has 0 unspecified atom stereocenters. The van der Waals surface area contributed by atoms with Crippen LogP contribution in [0.4, 0.5) is 0 Å². The smallest absolute Gasteiger partial charge is 0.221 e. The minimum Gasteiger partial charge on any atom is -0.350 e. The Hall–Kier alpha value is -2.21. The number of piperidine rings is 1. The summed E-state index contributed by atoms with van der Waals surface area (Å²) in [6.07, 6.45) is 10.2. The summed E-state index contributed by atoms with van der Waals surface area (Å²) in [5.41, 5.74) is 2.32. The number of rotatable bonds is 3. The SMILES string of the molecule is Cn1cc(CN2CCC3(CC2)NC(=O)C[C@@H]3c2cccnc2)cn1. The standard InChI is InChI=1S/C18H23N5O/c1-22-12-14(10-20-22)13-23-7-4-18(5-8-23)16(9-17(24)21-18)15-3-2-6-19-11-15/h2-3,6,10-12,16H,4-5,7-9,13H2,1H3,(H,21,24)/t16-/m1/s1. The number of nitrogens with zero attached hydrogens (tertiary/aromatic N) is 4. The molecular weight excluding hydrogens is 302 g/mol. The molecule has 24 heavy (non-hydrogen) atoms. The molecule has 0 aliphatic carbocycles. The van der Waals surface area contributed by atoms with Gasteiger partial charge in [-0.15, -0.1) is 0 Å². The van der Waals surface area contributed by atoms with E-state index in [-0.39, 0.29) is 17.4 Å². The van der Waals surface area contributed by atoms with Crippen molar-refractivity contribution in [1.82, 2.24) is 25.0 Å². The van der Waals surface area contributed by atoms with E-state index in [9.17, 15) is 4.79 Å². The molecule has 1 amide bonds. The van der Waals surface area contributed by atoms with E-state index in [4.69, 9.17) is 0 Å². The lowest BCUT2D eigenvalue weighted by Gasteiger charge is -2.42. The highest BCUT2D eigenvalue weighted by Crippen LogP contribution is 2.43. The van der Waals surface area contributed by atoms with Gasteiger partial charge in [0.15, 0.2) is 0 Å². The minimum atomic E-state index is -0.106. The topological polar surface area (TPSA) is 63.0 Å². The Morgan fingerprint density at radius 1 is 1.33 bits per heavy atom. The molecule has 2 aromatic rings. The van der Waals surface area contributed by atoms with Crippen LogP contribution in [0.15, 0.2) is 36.9 Å². The Morgan fingerprint density at radius 2 is 2.17 bits per heavy atom. The molecule has 1 N–H and O–H groups in total. The lowest BCUT2D eigenvalue weighted by molar-refractivity contribution is -0.120. The summed E-state index contributed by atoms with van der Waals surface area (Å²) in [6, 6.07) is 4.06. The van der Waals surface area contributed by atoms with Crippen molar-refractivity contribution in [3.63, 3.8) is 0 Å². The first kappa shape index (κ1) is 15.3. The zero-order chi connectivity index (χ0) is 16.6. The zero-order valence-electron chi connectivity index (χ0n) is 14.0. The van der Waals surface area contributed by atoms with Crippen LogP contribution in [0.5, 0.6) is 0 Å². The van der Waals surface area contributed by atoms with E-state index in [1.54, 1.807) is 6.20 Å². The van der Waals surface area contributed by atoms with Crippen LogP contribution in [0, 0.1) is 0 Å². The van der Waals surface area contributed by atoms with Crippen LogP contribution in [-0.4, -0.2) is 44.2 Å². The maximum absolute atomic E-state index is 12.1. The van der Waals surface area contributed by atoms with Gasteiger partial charge in [-0.2, -0.15) is 5.10 Å².